The molecule has 0 N–H and O–H groups in total. The summed E-state index contributed by atoms with van der Waals surface area (Å²) in [6, 6.07) is 4.01. The van der Waals surface area contributed by atoms with E-state index in [2.05, 4.69) is 4.98 Å². The number of carbonyl (C=O) groups is 1. The second kappa shape index (κ2) is 4.79. The molecule has 3 rings (SSSR count). The molecule has 1 aliphatic heterocycles. The van der Waals surface area contributed by atoms with Gasteiger partial charge >= 0.3 is 0 Å². The molecule has 0 aliphatic carbocycles. The van der Waals surface area contributed by atoms with Crippen molar-refractivity contribution in [3.8, 4) is 9.88 Å². The van der Waals surface area contributed by atoms with E-state index in [1.165, 1.54) is 16.4 Å². The Kier molecular flexibility index (Phi) is 3.15. The van der Waals surface area contributed by atoms with Crippen LogP contribution in [0.3, 0.4) is 0 Å². The van der Waals surface area contributed by atoms with E-state index in [1.807, 2.05) is 24.4 Å². The van der Waals surface area contributed by atoms with E-state index in [9.17, 15) is 4.79 Å². The predicted molar refractivity (Wildman–Crippen MR) is 71.8 cm³/mol. The van der Waals surface area contributed by atoms with E-state index in [-0.39, 0.29) is 5.91 Å². The Balaban J connectivity index is 1.90. The number of carbonyl (C=O) groups excluding carboxylic acids is 1. The quantitative estimate of drug-likeness (QED) is 0.849. The maximum atomic E-state index is 12.2. The predicted octanol–water partition coefficient (Wildman–Crippen LogP) is 2.96. The van der Waals surface area contributed by atoms with E-state index >= 15 is 0 Å². The monoisotopic (exact) mass is 280 g/mol. The van der Waals surface area contributed by atoms with Crippen LogP contribution in [0.25, 0.3) is 9.88 Å². The first kappa shape index (κ1) is 11.8. The van der Waals surface area contributed by atoms with Crippen molar-refractivity contribution in [1.29, 1.82) is 0 Å². The molecule has 0 bridgehead atoms. The summed E-state index contributed by atoms with van der Waals surface area (Å²) in [5.74, 6) is -0.0645. The number of thiazole rings is 1. The second-order valence-electron chi connectivity index (χ2n) is 4.00. The molecule has 3 heterocycles. The van der Waals surface area contributed by atoms with Crippen LogP contribution in [0.4, 0.5) is 0 Å². The van der Waals surface area contributed by atoms with Gasteiger partial charge in [0.05, 0.1) is 23.7 Å². The van der Waals surface area contributed by atoms with Crippen LogP contribution in [0, 0.1) is 6.92 Å². The van der Waals surface area contributed by atoms with Crippen molar-refractivity contribution in [2.75, 3.05) is 13.2 Å². The summed E-state index contributed by atoms with van der Waals surface area (Å²) in [4.78, 5) is 23.8. The van der Waals surface area contributed by atoms with Crippen molar-refractivity contribution in [3.05, 3.63) is 28.1 Å². The van der Waals surface area contributed by atoms with Crippen molar-refractivity contribution in [3.63, 3.8) is 0 Å². The number of thiophene rings is 1. The van der Waals surface area contributed by atoms with Gasteiger partial charge in [0.15, 0.2) is 0 Å². The largest absolute Gasteiger partial charge is 0.289 e. The fraction of sp³-hybridized carbons (Fsp3) is 0.333. The number of aromatic nitrogens is 1. The molecule has 1 fully saturated rings. The van der Waals surface area contributed by atoms with Gasteiger partial charge in [0, 0.05) is 0 Å². The minimum absolute atomic E-state index is 0.0645. The number of hydrogen-bond donors (Lipinski definition) is 0. The minimum Gasteiger partial charge on any atom is -0.271 e. The Morgan fingerprint density at radius 3 is 3.11 bits per heavy atom. The summed E-state index contributed by atoms with van der Waals surface area (Å²) < 4.78 is 0. The normalized spacial score (nSPS) is 15.3. The maximum absolute atomic E-state index is 12.2. The van der Waals surface area contributed by atoms with Crippen LogP contribution in [0.1, 0.15) is 21.8 Å². The zero-order valence-electron chi connectivity index (χ0n) is 9.88. The zero-order valence-corrected chi connectivity index (χ0v) is 11.5. The Bertz CT molecular complexity index is 557. The van der Waals surface area contributed by atoms with E-state index in [0.717, 1.165) is 22.0 Å². The van der Waals surface area contributed by atoms with Crippen molar-refractivity contribution in [2.45, 2.75) is 13.3 Å². The van der Waals surface area contributed by atoms with Crippen molar-refractivity contribution < 1.29 is 9.63 Å². The first-order valence-electron chi connectivity index (χ1n) is 5.72. The van der Waals surface area contributed by atoms with Gasteiger partial charge in [-0.05, 0) is 24.8 Å². The smallest absolute Gasteiger partial charge is 0.271 e. The molecule has 94 valence electrons. The van der Waals surface area contributed by atoms with Crippen LogP contribution in [-0.4, -0.2) is 29.1 Å². The molecule has 0 unspecified atom stereocenters. The highest BCUT2D eigenvalue weighted by molar-refractivity contribution is 7.22. The van der Waals surface area contributed by atoms with Crippen molar-refractivity contribution in [1.82, 2.24) is 10.0 Å². The fourth-order valence-corrected chi connectivity index (χ4v) is 3.63. The van der Waals surface area contributed by atoms with E-state index in [1.54, 1.807) is 11.3 Å². The minimum atomic E-state index is -0.0645. The Morgan fingerprint density at radius 2 is 2.44 bits per heavy atom. The lowest BCUT2D eigenvalue weighted by molar-refractivity contribution is -0.0765. The molecule has 4 nitrogen and oxygen atoms in total. The Morgan fingerprint density at radius 1 is 1.56 bits per heavy atom. The van der Waals surface area contributed by atoms with Gasteiger partial charge in [0.1, 0.15) is 9.88 Å². The molecular formula is C12H12N2O2S2. The van der Waals surface area contributed by atoms with Crippen LogP contribution in [0.5, 0.6) is 0 Å². The number of hydrogen-bond acceptors (Lipinski definition) is 5. The zero-order chi connectivity index (χ0) is 12.5. The molecule has 0 atom stereocenters. The van der Waals surface area contributed by atoms with Gasteiger partial charge < -0.3 is 0 Å². The van der Waals surface area contributed by atoms with Gasteiger partial charge in [0.25, 0.3) is 5.91 Å². The number of aryl methyl sites for hydroxylation is 1. The van der Waals surface area contributed by atoms with E-state index in [0.29, 0.717) is 18.0 Å². The lowest BCUT2D eigenvalue weighted by atomic mass is 10.3. The summed E-state index contributed by atoms with van der Waals surface area (Å²) in [5, 5.41) is 4.36. The topological polar surface area (TPSA) is 42.4 Å². The van der Waals surface area contributed by atoms with E-state index < -0.39 is 0 Å². The molecule has 2 aromatic rings. The van der Waals surface area contributed by atoms with Gasteiger partial charge in [0.2, 0.25) is 0 Å². The molecule has 0 aromatic carbocycles. The molecule has 0 radical (unpaired) electrons. The van der Waals surface area contributed by atoms with Gasteiger partial charge in [-0.3, -0.25) is 9.63 Å². The van der Waals surface area contributed by atoms with Gasteiger partial charge in [-0.25, -0.2) is 10.0 Å². The van der Waals surface area contributed by atoms with Crippen molar-refractivity contribution in [2.24, 2.45) is 0 Å². The van der Waals surface area contributed by atoms with Crippen molar-refractivity contribution >= 4 is 28.6 Å². The lowest BCUT2D eigenvalue weighted by Gasteiger charge is -2.12. The summed E-state index contributed by atoms with van der Waals surface area (Å²) in [6.07, 6.45) is 0.904. The first-order valence-corrected chi connectivity index (χ1v) is 7.41. The Hall–Kier alpha value is -1.24. The molecule has 2 aromatic heterocycles. The van der Waals surface area contributed by atoms with Gasteiger partial charge in [-0.1, -0.05) is 6.07 Å². The van der Waals surface area contributed by atoms with Gasteiger partial charge in [-0.2, -0.15) is 0 Å². The number of rotatable bonds is 2. The van der Waals surface area contributed by atoms with Crippen LogP contribution in [-0.2, 0) is 4.84 Å². The van der Waals surface area contributed by atoms with Crippen LogP contribution in [0.2, 0.25) is 0 Å². The highest BCUT2D eigenvalue weighted by Crippen LogP contribution is 2.32. The SMILES string of the molecule is Cc1nc(-c2cccs2)sc1C(=O)N1CCCO1. The number of nitrogens with zero attached hydrogens (tertiary/aromatic N) is 2. The number of amides is 1. The van der Waals surface area contributed by atoms with Crippen LogP contribution in [0.15, 0.2) is 17.5 Å². The molecule has 1 amide bonds. The van der Waals surface area contributed by atoms with Crippen LogP contribution >= 0.6 is 22.7 Å². The summed E-state index contributed by atoms with van der Waals surface area (Å²) in [7, 11) is 0. The Labute approximate surface area is 113 Å². The third-order valence-electron chi connectivity index (χ3n) is 2.70. The standard InChI is InChI=1S/C12H12N2O2S2/c1-8-10(12(15)14-5-3-6-16-14)18-11(13-8)9-4-2-7-17-9/h2,4,7H,3,5-6H2,1H3. The highest BCUT2D eigenvalue weighted by atomic mass is 32.1. The maximum Gasteiger partial charge on any atom is 0.289 e. The summed E-state index contributed by atoms with van der Waals surface area (Å²) in [6.45, 7) is 3.17. The molecule has 0 saturated carbocycles. The lowest BCUT2D eigenvalue weighted by Crippen LogP contribution is -2.26. The average molecular weight is 280 g/mol. The molecule has 1 aliphatic rings. The first-order chi connectivity index (χ1) is 8.75. The fourth-order valence-electron chi connectivity index (χ4n) is 1.82. The van der Waals surface area contributed by atoms with Gasteiger partial charge in [-0.15, -0.1) is 22.7 Å². The molecule has 0 spiro atoms. The molecular weight excluding hydrogens is 268 g/mol. The van der Waals surface area contributed by atoms with E-state index in [4.69, 9.17) is 4.84 Å². The summed E-state index contributed by atoms with van der Waals surface area (Å²) >= 11 is 3.07. The summed E-state index contributed by atoms with van der Waals surface area (Å²) in [5.41, 5.74) is 0.781. The van der Waals surface area contributed by atoms with Crippen LogP contribution < -0.4 is 0 Å². The molecule has 1 saturated heterocycles. The highest BCUT2D eigenvalue weighted by Gasteiger charge is 2.25. The molecule has 6 heteroatoms. The average Bonchev–Trinajstić information content (AvgIpc) is 3.10. The third-order valence-corrected chi connectivity index (χ3v) is 4.89. The molecule has 18 heavy (non-hydrogen) atoms. The second-order valence-corrected chi connectivity index (χ2v) is 5.95. The third kappa shape index (κ3) is 2.07. The number of hydroxylamine groups is 2.